The number of aromatic nitrogens is 1. The molecule has 2 aromatic carbocycles. The van der Waals surface area contributed by atoms with Gasteiger partial charge in [0.1, 0.15) is 5.75 Å². The van der Waals surface area contributed by atoms with Crippen molar-refractivity contribution in [3.63, 3.8) is 0 Å². The summed E-state index contributed by atoms with van der Waals surface area (Å²) < 4.78 is 6.26. The number of nitro benzene ring substituents is 1. The number of carbonyl (C=O) groups excluding carboxylic acids is 1. The van der Waals surface area contributed by atoms with E-state index in [9.17, 15) is 14.9 Å². The van der Waals surface area contributed by atoms with Gasteiger partial charge in [-0.1, -0.05) is 22.9 Å². The van der Waals surface area contributed by atoms with Crippen LogP contribution in [0.3, 0.4) is 0 Å². The minimum absolute atomic E-state index is 0.00129. The Morgan fingerprint density at radius 1 is 1.33 bits per heavy atom. The van der Waals surface area contributed by atoms with Crippen LogP contribution >= 0.6 is 22.9 Å². The van der Waals surface area contributed by atoms with Gasteiger partial charge in [-0.3, -0.25) is 14.9 Å². The summed E-state index contributed by atoms with van der Waals surface area (Å²) in [6.45, 7) is 2.30. The van der Waals surface area contributed by atoms with E-state index in [2.05, 4.69) is 10.3 Å². The molecule has 3 aromatic rings. The van der Waals surface area contributed by atoms with Gasteiger partial charge in [-0.2, -0.15) is 0 Å². The Kier molecular flexibility index (Phi) is 5.88. The number of amides is 1. The maximum atomic E-state index is 12.0. The van der Waals surface area contributed by atoms with Gasteiger partial charge >= 0.3 is 0 Å². The van der Waals surface area contributed by atoms with Crippen molar-refractivity contribution in [2.45, 2.75) is 19.8 Å². The van der Waals surface area contributed by atoms with Crippen molar-refractivity contribution >= 4 is 49.9 Å². The molecule has 1 aromatic heterocycles. The lowest BCUT2D eigenvalue weighted by atomic mass is 10.2. The quantitative estimate of drug-likeness (QED) is 0.340. The van der Waals surface area contributed by atoms with Crippen LogP contribution in [0.4, 0.5) is 10.8 Å². The van der Waals surface area contributed by atoms with Crippen LogP contribution < -0.4 is 10.1 Å². The fraction of sp³-hybridized carbons (Fsp3) is 0.222. The molecule has 0 radical (unpaired) electrons. The number of hydrogen-bond acceptors (Lipinski definition) is 6. The average Bonchev–Trinajstić information content (AvgIpc) is 3.02. The number of nitrogens with one attached hydrogen (secondary N) is 1. The van der Waals surface area contributed by atoms with Gasteiger partial charge in [0.25, 0.3) is 5.69 Å². The van der Waals surface area contributed by atoms with E-state index in [0.29, 0.717) is 39.1 Å². The van der Waals surface area contributed by atoms with E-state index in [4.69, 9.17) is 16.3 Å². The fourth-order valence-electron chi connectivity index (χ4n) is 2.39. The summed E-state index contributed by atoms with van der Waals surface area (Å²) >= 11 is 7.17. The highest BCUT2D eigenvalue weighted by Crippen LogP contribution is 2.29. The zero-order valence-electron chi connectivity index (χ0n) is 14.4. The van der Waals surface area contributed by atoms with Gasteiger partial charge < -0.3 is 10.1 Å². The molecular weight excluding hydrogens is 390 g/mol. The Bertz CT molecular complexity index is 1010. The second-order valence-corrected chi connectivity index (χ2v) is 7.28. The molecule has 1 heterocycles. The SMILES string of the molecule is Cc1cc(OCCCC(=O)Nc2nc3ccc([N+](=O)[O-])cc3s2)ccc1Cl. The number of nitro groups is 1. The van der Waals surface area contributed by atoms with Gasteiger partial charge in [0.05, 0.1) is 21.7 Å². The lowest BCUT2D eigenvalue weighted by molar-refractivity contribution is -0.384. The predicted octanol–water partition coefficient (Wildman–Crippen LogP) is 4.96. The van der Waals surface area contributed by atoms with E-state index in [-0.39, 0.29) is 18.0 Å². The number of rotatable bonds is 7. The van der Waals surface area contributed by atoms with E-state index < -0.39 is 4.92 Å². The van der Waals surface area contributed by atoms with E-state index >= 15 is 0 Å². The molecule has 7 nitrogen and oxygen atoms in total. The summed E-state index contributed by atoms with van der Waals surface area (Å²) in [5, 5.41) is 14.6. The van der Waals surface area contributed by atoms with Crippen LogP contribution in [-0.4, -0.2) is 22.4 Å². The summed E-state index contributed by atoms with van der Waals surface area (Å²) in [7, 11) is 0. The van der Waals surface area contributed by atoms with Crippen molar-refractivity contribution in [1.29, 1.82) is 0 Å². The second-order valence-electron chi connectivity index (χ2n) is 5.84. The topological polar surface area (TPSA) is 94.4 Å². The Hall–Kier alpha value is -2.71. The molecule has 0 atom stereocenters. The average molecular weight is 406 g/mol. The van der Waals surface area contributed by atoms with E-state index in [1.165, 1.54) is 23.5 Å². The van der Waals surface area contributed by atoms with Crippen LogP contribution in [0.1, 0.15) is 18.4 Å². The number of halogens is 1. The minimum Gasteiger partial charge on any atom is -0.494 e. The van der Waals surface area contributed by atoms with Crippen LogP contribution in [-0.2, 0) is 4.79 Å². The molecule has 1 N–H and O–H groups in total. The van der Waals surface area contributed by atoms with Gasteiger partial charge in [-0.15, -0.1) is 0 Å². The molecule has 0 spiro atoms. The second kappa shape index (κ2) is 8.32. The van der Waals surface area contributed by atoms with Crippen LogP contribution in [0, 0.1) is 17.0 Å². The number of carbonyl (C=O) groups is 1. The normalized spacial score (nSPS) is 10.7. The zero-order chi connectivity index (χ0) is 19.4. The van der Waals surface area contributed by atoms with Crippen LogP contribution in [0.2, 0.25) is 5.02 Å². The number of non-ortho nitro benzene ring substituents is 1. The zero-order valence-corrected chi connectivity index (χ0v) is 16.0. The van der Waals surface area contributed by atoms with E-state index in [0.717, 1.165) is 5.56 Å². The molecule has 0 unspecified atom stereocenters. The van der Waals surface area contributed by atoms with Crippen molar-refractivity contribution in [1.82, 2.24) is 4.98 Å². The number of ether oxygens (including phenoxy) is 1. The third kappa shape index (κ3) is 4.93. The number of hydrogen-bond donors (Lipinski definition) is 1. The molecule has 140 valence electrons. The minimum atomic E-state index is -0.459. The number of aryl methyl sites for hydroxylation is 1. The molecule has 27 heavy (non-hydrogen) atoms. The van der Waals surface area contributed by atoms with Crippen LogP contribution in [0.25, 0.3) is 10.2 Å². The molecule has 0 aliphatic heterocycles. The third-order valence-corrected chi connectivity index (χ3v) is 5.13. The monoisotopic (exact) mass is 405 g/mol. The summed E-state index contributed by atoms with van der Waals surface area (Å²) in [4.78, 5) is 26.7. The lowest BCUT2D eigenvalue weighted by Crippen LogP contribution is -2.12. The maximum Gasteiger partial charge on any atom is 0.270 e. The summed E-state index contributed by atoms with van der Waals surface area (Å²) in [5.74, 6) is 0.532. The number of benzene rings is 2. The summed E-state index contributed by atoms with van der Waals surface area (Å²) in [6, 6.07) is 9.82. The molecule has 0 saturated heterocycles. The first-order chi connectivity index (χ1) is 12.9. The highest BCUT2D eigenvalue weighted by atomic mass is 35.5. The third-order valence-electron chi connectivity index (χ3n) is 3.78. The summed E-state index contributed by atoms with van der Waals surface area (Å²) in [6.07, 6.45) is 0.826. The van der Waals surface area contributed by atoms with Crippen molar-refractivity contribution in [3.8, 4) is 5.75 Å². The van der Waals surface area contributed by atoms with Gasteiger partial charge in [0.15, 0.2) is 5.13 Å². The van der Waals surface area contributed by atoms with Crippen molar-refractivity contribution < 1.29 is 14.5 Å². The molecular formula is C18H16ClN3O4S. The fourth-order valence-corrected chi connectivity index (χ4v) is 3.42. The number of anilines is 1. The van der Waals surface area contributed by atoms with Gasteiger partial charge in [0.2, 0.25) is 5.91 Å². The van der Waals surface area contributed by atoms with Gasteiger partial charge in [0, 0.05) is 23.6 Å². The lowest BCUT2D eigenvalue weighted by Gasteiger charge is -2.07. The molecule has 1 amide bonds. The van der Waals surface area contributed by atoms with E-state index in [1.807, 2.05) is 13.0 Å². The molecule has 0 aliphatic rings. The Morgan fingerprint density at radius 3 is 2.89 bits per heavy atom. The largest absolute Gasteiger partial charge is 0.494 e. The Balaban J connectivity index is 1.49. The molecule has 0 fully saturated rings. The molecule has 0 saturated carbocycles. The number of thiazole rings is 1. The number of fused-ring (bicyclic) bond motifs is 1. The van der Waals surface area contributed by atoms with Crippen molar-refractivity contribution in [3.05, 3.63) is 57.1 Å². The Labute approximate surface area is 164 Å². The smallest absolute Gasteiger partial charge is 0.270 e. The van der Waals surface area contributed by atoms with Crippen LogP contribution in [0.5, 0.6) is 5.75 Å². The first-order valence-electron chi connectivity index (χ1n) is 8.16. The first-order valence-corrected chi connectivity index (χ1v) is 9.35. The predicted molar refractivity (Wildman–Crippen MR) is 106 cm³/mol. The molecule has 3 rings (SSSR count). The summed E-state index contributed by atoms with van der Waals surface area (Å²) in [5.41, 5.74) is 1.55. The molecule has 0 aliphatic carbocycles. The van der Waals surface area contributed by atoms with Crippen molar-refractivity contribution in [2.75, 3.05) is 11.9 Å². The van der Waals surface area contributed by atoms with Gasteiger partial charge in [-0.05, 0) is 43.2 Å². The Morgan fingerprint density at radius 2 is 2.15 bits per heavy atom. The van der Waals surface area contributed by atoms with Gasteiger partial charge in [-0.25, -0.2) is 4.98 Å². The highest BCUT2D eigenvalue weighted by molar-refractivity contribution is 7.22. The first kappa shape index (κ1) is 19.1. The standard InChI is InChI=1S/C18H16ClN3O4S/c1-11-9-13(5-6-14(11)19)26-8-2-3-17(23)21-18-20-15-7-4-12(22(24)25)10-16(15)27-18/h4-7,9-10H,2-3,8H2,1H3,(H,20,21,23). The molecule has 0 bridgehead atoms. The van der Waals surface area contributed by atoms with E-state index in [1.54, 1.807) is 18.2 Å². The van der Waals surface area contributed by atoms with Crippen LogP contribution in [0.15, 0.2) is 36.4 Å². The number of nitrogens with zero attached hydrogens (tertiary/aromatic N) is 2. The highest BCUT2D eigenvalue weighted by Gasteiger charge is 2.12. The molecule has 9 heteroatoms. The van der Waals surface area contributed by atoms with Crippen molar-refractivity contribution in [2.24, 2.45) is 0 Å². The maximum absolute atomic E-state index is 12.0.